The third-order valence-electron chi connectivity index (χ3n) is 2.24. The summed E-state index contributed by atoms with van der Waals surface area (Å²) < 4.78 is 0. The van der Waals surface area contributed by atoms with Crippen LogP contribution in [0.1, 0.15) is 29.4 Å². The van der Waals surface area contributed by atoms with E-state index in [1.807, 2.05) is 19.9 Å². The standard InChI is InChI=1S/C11H16N2O.2ClH/c1-4-9(12-3)11(14)10-6-5-8(2)7-13-10;;/h5-7,9,12H,4H2,1-3H3;2*1H. The molecule has 1 aromatic heterocycles. The van der Waals surface area contributed by atoms with Crippen LogP contribution in [0.15, 0.2) is 18.3 Å². The molecule has 0 aromatic carbocycles. The zero-order valence-electron chi connectivity index (χ0n) is 9.69. The zero-order valence-corrected chi connectivity index (χ0v) is 11.3. The van der Waals surface area contributed by atoms with Crippen molar-refractivity contribution in [3.63, 3.8) is 0 Å². The fourth-order valence-corrected chi connectivity index (χ4v) is 1.31. The monoisotopic (exact) mass is 264 g/mol. The largest absolute Gasteiger partial charge is 0.310 e. The van der Waals surface area contributed by atoms with Crippen molar-refractivity contribution in [3.05, 3.63) is 29.6 Å². The molecular formula is C11H18Cl2N2O. The summed E-state index contributed by atoms with van der Waals surface area (Å²) in [6, 6.07) is 3.56. The predicted octanol–water partition coefficient (Wildman–Crippen LogP) is 2.41. The van der Waals surface area contributed by atoms with Crippen LogP contribution in [0, 0.1) is 6.92 Å². The lowest BCUT2D eigenvalue weighted by Crippen LogP contribution is -2.33. The van der Waals surface area contributed by atoms with Gasteiger partial charge in [0.25, 0.3) is 0 Å². The molecule has 1 heterocycles. The molecule has 1 unspecified atom stereocenters. The number of carbonyl (C=O) groups excluding carboxylic acids is 1. The first-order valence-electron chi connectivity index (χ1n) is 4.83. The van der Waals surface area contributed by atoms with Gasteiger partial charge in [-0.1, -0.05) is 13.0 Å². The lowest BCUT2D eigenvalue weighted by atomic mass is 10.1. The first kappa shape index (κ1) is 17.7. The summed E-state index contributed by atoms with van der Waals surface area (Å²) in [5.41, 5.74) is 1.61. The van der Waals surface area contributed by atoms with E-state index in [0.29, 0.717) is 5.69 Å². The lowest BCUT2D eigenvalue weighted by molar-refractivity contribution is 0.0940. The summed E-state index contributed by atoms with van der Waals surface area (Å²) in [6.45, 7) is 3.93. The second kappa shape index (κ2) is 8.50. The number of hydrogen-bond donors (Lipinski definition) is 1. The smallest absolute Gasteiger partial charge is 0.197 e. The SMILES string of the molecule is CCC(NC)C(=O)c1ccc(C)cn1.Cl.Cl. The molecule has 1 N–H and O–H groups in total. The summed E-state index contributed by atoms with van der Waals surface area (Å²) >= 11 is 0. The highest BCUT2D eigenvalue weighted by molar-refractivity contribution is 5.98. The van der Waals surface area contributed by atoms with Crippen molar-refractivity contribution in [1.82, 2.24) is 10.3 Å². The van der Waals surface area contributed by atoms with Crippen molar-refractivity contribution < 1.29 is 4.79 Å². The summed E-state index contributed by atoms with van der Waals surface area (Å²) in [5.74, 6) is 0.0648. The Morgan fingerprint density at radius 1 is 1.44 bits per heavy atom. The average molecular weight is 265 g/mol. The number of nitrogens with zero attached hydrogens (tertiary/aromatic N) is 1. The van der Waals surface area contributed by atoms with E-state index in [-0.39, 0.29) is 36.6 Å². The van der Waals surface area contributed by atoms with Gasteiger partial charge in [0.2, 0.25) is 0 Å². The molecule has 92 valence electrons. The van der Waals surface area contributed by atoms with Crippen molar-refractivity contribution >= 4 is 30.6 Å². The number of hydrogen-bond acceptors (Lipinski definition) is 3. The average Bonchev–Trinajstić information content (AvgIpc) is 2.20. The maximum absolute atomic E-state index is 11.8. The van der Waals surface area contributed by atoms with Crippen LogP contribution in [0.25, 0.3) is 0 Å². The lowest BCUT2D eigenvalue weighted by Gasteiger charge is -2.11. The van der Waals surface area contributed by atoms with Crippen molar-refractivity contribution in [2.24, 2.45) is 0 Å². The van der Waals surface area contributed by atoms with Gasteiger partial charge in [-0.05, 0) is 32.0 Å². The Hall–Kier alpha value is -0.640. The van der Waals surface area contributed by atoms with Gasteiger partial charge in [0.05, 0.1) is 6.04 Å². The summed E-state index contributed by atoms with van der Waals surface area (Å²) in [4.78, 5) is 15.9. The molecule has 0 amide bonds. The number of aryl methyl sites for hydroxylation is 1. The van der Waals surface area contributed by atoms with Gasteiger partial charge in [0.1, 0.15) is 5.69 Å². The zero-order chi connectivity index (χ0) is 10.6. The second-order valence-corrected chi connectivity index (χ2v) is 3.33. The molecule has 0 fully saturated rings. The Balaban J connectivity index is 0. The molecule has 0 saturated carbocycles. The molecule has 1 rings (SSSR count). The number of ketones is 1. The maximum atomic E-state index is 11.8. The number of nitrogens with one attached hydrogen (secondary N) is 1. The van der Waals surface area contributed by atoms with Crippen LogP contribution in [0.4, 0.5) is 0 Å². The Kier molecular flexibility index (Phi) is 9.43. The van der Waals surface area contributed by atoms with E-state index in [9.17, 15) is 4.79 Å². The molecule has 3 nitrogen and oxygen atoms in total. The topological polar surface area (TPSA) is 42.0 Å². The highest BCUT2D eigenvalue weighted by Gasteiger charge is 2.16. The van der Waals surface area contributed by atoms with E-state index in [2.05, 4.69) is 10.3 Å². The molecule has 0 spiro atoms. The van der Waals surface area contributed by atoms with Crippen LogP contribution in [0.3, 0.4) is 0 Å². The minimum Gasteiger partial charge on any atom is -0.310 e. The van der Waals surface area contributed by atoms with Gasteiger partial charge in [-0.2, -0.15) is 0 Å². The van der Waals surface area contributed by atoms with Crippen LogP contribution >= 0.6 is 24.8 Å². The molecule has 0 aliphatic heterocycles. The fourth-order valence-electron chi connectivity index (χ4n) is 1.31. The van der Waals surface area contributed by atoms with E-state index >= 15 is 0 Å². The number of aromatic nitrogens is 1. The molecule has 16 heavy (non-hydrogen) atoms. The van der Waals surface area contributed by atoms with Crippen LogP contribution in [-0.4, -0.2) is 23.9 Å². The van der Waals surface area contributed by atoms with Crippen LogP contribution in [0.2, 0.25) is 0 Å². The minimum atomic E-state index is -0.120. The van der Waals surface area contributed by atoms with Crippen molar-refractivity contribution in [2.45, 2.75) is 26.3 Å². The summed E-state index contributed by atoms with van der Waals surface area (Å²) in [7, 11) is 1.79. The van der Waals surface area contributed by atoms with Gasteiger partial charge >= 0.3 is 0 Å². The van der Waals surface area contributed by atoms with Gasteiger partial charge in [0.15, 0.2) is 5.78 Å². The molecule has 0 aliphatic rings. The number of rotatable bonds is 4. The Morgan fingerprint density at radius 2 is 2.06 bits per heavy atom. The minimum absolute atomic E-state index is 0. The van der Waals surface area contributed by atoms with Crippen LogP contribution < -0.4 is 5.32 Å². The Morgan fingerprint density at radius 3 is 2.44 bits per heavy atom. The number of halogens is 2. The van der Waals surface area contributed by atoms with E-state index in [0.717, 1.165) is 12.0 Å². The van der Waals surface area contributed by atoms with E-state index in [4.69, 9.17) is 0 Å². The number of likely N-dealkylation sites (N-methyl/N-ethyl adjacent to an activating group) is 1. The van der Waals surface area contributed by atoms with Crippen molar-refractivity contribution in [2.75, 3.05) is 7.05 Å². The Labute approximate surface area is 109 Å². The Bertz CT molecular complexity index is 310. The van der Waals surface area contributed by atoms with Crippen LogP contribution in [-0.2, 0) is 0 Å². The van der Waals surface area contributed by atoms with Gasteiger partial charge in [-0.15, -0.1) is 24.8 Å². The molecule has 0 aliphatic carbocycles. The molecule has 5 heteroatoms. The highest BCUT2D eigenvalue weighted by Crippen LogP contribution is 2.04. The van der Waals surface area contributed by atoms with E-state index in [1.54, 1.807) is 19.3 Å². The van der Waals surface area contributed by atoms with Crippen LogP contribution in [0.5, 0.6) is 0 Å². The van der Waals surface area contributed by atoms with Gasteiger partial charge in [-0.25, -0.2) is 0 Å². The third-order valence-corrected chi connectivity index (χ3v) is 2.24. The third kappa shape index (κ3) is 4.47. The molecule has 1 aromatic rings. The van der Waals surface area contributed by atoms with Gasteiger partial charge < -0.3 is 5.32 Å². The maximum Gasteiger partial charge on any atom is 0.197 e. The first-order chi connectivity index (χ1) is 6.69. The second-order valence-electron chi connectivity index (χ2n) is 3.33. The first-order valence-corrected chi connectivity index (χ1v) is 4.83. The molecule has 0 saturated heterocycles. The summed E-state index contributed by atoms with van der Waals surface area (Å²) in [5, 5.41) is 2.98. The van der Waals surface area contributed by atoms with Crippen molar-refractivity contribution in [3.8, 4) is 0 Å². The van der Waals surface area contributed by atoms with E-state index < -0.39 is 0 Å². The van der Waals surface area contributed by atoms with Gasteiger partial charge in [-0.3, -0.25) is 9.78 Å². The fraction of sp³-hybridized carbons (Fsp3) is 0.455. The normalized spacial score (nSPS) is 10.9. The van der Waals surface area contributed by atoms with Crippen molar-refractivity contribution in [1.29, 1.82) is 0 Å². The van der Waals surface area contributed by atoms with Gasteiger partial charge in [0, 0.05) is 6.20 Å². The molecular weight excluding hydrogens is 247 g/mol. The molecule has 1 atom stereocenters. The molecule has 0 radical (unpaired) electrons. The molecule has 0 bridgehead atoms. The highest BCUT2D eigenvalue weighted by atomic mass is 35.5. The number of Topliss-reactive ketones (excluding diaryl/α,β-unsaturated/α-hetero) is 1. The van der Waals surface area contributed by atoms with E-state index in [1.165, 1.54) is 0 Å². The predicted molar refractivity (Wildman–Crippen MR) is 70.9 cm³/mol. The summed E-state index contributed by atoms with van der Waals surface area (Å²) in [6.07, 6.45) is 2.50. The number of pyridine rings is 1. The number of carbonyl (C=O) groups is 1. The quantitative estimate of drug-likeness (QED) is 0.850.